The number of nitrogens with zero attached hydrogens (tertiary/aromatic N) is 1. The number of aliphatic imine (C=N–C) groups is 1. The summed E-state index contributed by atoms with van der Waals surface area (Å²) in [4.78, 5) is 16.3. The SMILES string of the molecule is CC1(C)C[C@@](C)(c2cc(NC(=O)C3CC3(F)F)ccc2F)N=C(N)CO1. The minimum absolute atomic E-state index is 0.136. The Morgan fingerprint density at radius 2 is 2.00 bits per heavy atom. The highest BCUT2D eigenvalue weighted by molar-refractivity contribution is 5.95. The lowest BCUT2D eigenvalue weighted by Gasteiger charge is -2.33. The van der Waals surface area contributed by atoms with Crippen LogP contribution in [0.5, 0.6) is 0 Å². The Labute approximate surface area is 149 Å². The Hall–Kier alpha value is -2.09. The van der Waals surface area contributed by atoms with Crippen LogP contribution in [0.15, 0.2) is 23.2 Å². The van der Waals surface area contributed by atoms with Crippen LogP contribution in [0, 0.1) is 11.7 Å². The maximum atomic E-state index is 14.6. The molecule has 2 atom stereocenters. The van der Waals surface area contributed by atoms with E-state index < -0.39 is 41.1 Å². The number of amides is 1. The second-order valence-electron chi connectivity index (χ2n) is 7.80. The zero-order valence-corrected chi connectivity index (χ0v) is 14.9. The lowest BCUT2D eigenvalue weighted by Crippen LogP contribution is -2.33. The summed E-state index contributed by atoms with van der Waals surface area (Å²) in [5.74, 6) is -5.34. The first-order valence-electron chi connectivity index (χ1n) is 8.39. The van der Waals surface area contributed by atoms with Crippen molar-refractivity contribution < 1.29 is 22.7 Å². The molecule has 8 heteroatoms. The van der Waals surface area contributed by atoms with Gasteiger partial charge in [0.25, 0.3) is 5.92 Å². The van der Waals surface area contributed by atoms with Crippen LogP contribution in [0.3, 0.4) is 0 Å². The molecule has 0 bridgehead atoms. The summed E-state index contributed by atoms with van der Waals surface area (Å²) >= 11 is 0. The fourth-order valence-corrected chi connectivity index (χ4v) is 3.44. The molecule has 0 aromatic heterocycles. The van der Waals surface area contributed by atoms with Gasteiger partial charge in [-0.1, -0.05) is 0 Å². The molecule has 0 saturated heterocycles. The molecule has 1 amide bonds. The Balaban J connectivity index is 1.91. The molecule has 1 fully saturated rings. The first kappa shape index (κ1) is 18.7. The molecule has 1 aromatic rings. The van der Waals surface area contributed by atoms with Crippen LogP contribution in [0.25, 0.3) is 0 Å². The van der Waals surface area contributed by atoms with E-state index in [1.54, 1.807) is 6.92 Å². The van der Waals surface area contributed by atoms with E-state index >= 15 is 0 Å². The summed E-state index contributed by atoms with van der Waals surface area (Å²) < 4.78 is 46.3. The van der Waals surface area contributed by atoms with Gasteiger partial charge >= 0.3 is 0 Å². The average molecular weight is 369 g/mol. The number of nitrogens with one attached hydrogen (secondary N) is 1. The van der Waals surface area contributed by atoms with Gasteiger partial charge in [-0.25, -0.2) is 13.2 Å². The molecule has 3 N–H and O–H groups in total. The number of carbonyl (C=O) groups excluding carboxylic acids is 1. The van der Waals surface area contributed by atoms with Gasteiger partial charge in [0.1, 0.15) is 24.2 Å². The number of carbonyl (C=O) groups is 1. The summed E-state index contributed by atoms with van der Waals surface area (Å²) in [6, 6.07) is 3.95. The molecule has 1 aliphatic carbocycles. The number of hydrogen-bond donors (Lipinski definition) is 2. The van der Waals surface area contributed by atoms with Gasteiger partial charge in [0.15, 0.2) is 0 Å². The monoisotopic (exact) mass is 369 g/mol. The highest BCUT2D eigenvalue weighted by Gasteiger charge is 2.61. The normalized spacial score (nSPS) is 29.5. The summed E-state index contributed by atoms with van der Waals surface area (Å²) in [7, 11) is 0. The highest BCUT2D eigenvalue weighted by atomic mass is 19.3. The largest absolute Gasteiger partial charge is 0.386 e. The van der Waals surface area contributed by atoms with E-state index in [1.165, 1.54) is 18.2 Å². The van der Waals surface area contributed by atoms with Crippen molar-refractivity contribution in [2.24, 2.45) is 16.6 Å². The molecule has 142 valence electrons. The maximum Gasteiger partial charge on any atom is 0.260 e. The van der Waals surface area contributed by atoms with E-state index in [0.29, 0.717) is 6.42 Å². The number of amidine groups is 1. The van der Waals surface area contributed by atoms with Gasteiger partial charge in [0.05, 0.1) is 11.1 Å². The number of alkyl halides is 2. The molecular weight excluding hydrogens is 347 g/mol. The fourth-order valence-electron chi connectivity index (χ4n) is 3.44. The first-order valence-corrected chi connectivity index (χ1v) is 8.39. The molecule has 5 nitrogen and oxygen atoms in total. The van der Waals surface area contributed by atoms with Crippen molar-refractivity contribution in [3.63, 3.8) is 0 Å². The number of benzene rings is 1. The fraction of sp³-hybridized carbons (Fsp3) is 0.556. The lowest BCUT2D eigenvalue weighted by molar-refractivity contribution is -0.119. The standard InChI is InChI=1S/C18H22F3N3O2/c1-16(2)9-17(3,24-14(22)8-26-16)11-6-10(4-5-13(11)19)23-15(25)12-7-18(12,20)21/h4-6,12H,7-9H2,1-3H3,(H2,22,24)(H,23,25)/t12?,17-/m0/s1. The van der Waals surface area contributed by atoms with Crippen LogP contribution in [0.2, 0.25) is 0 Å². The lowest BCUT2D eigenvalue weighted by atomic mass is 9.82. The van der Waals surface area contributed by atoms with Gasteiger partial charge in [-0.05, 0) is 39.0 Å². The maximum absolute atomic E-state index is 14.6. The summed E-state index contributed by atoms with van der Waals surface area (Å²) in [5.41, 5.74) is 4.72. The predicted octanol–water partition coefficient (Wildman–Crippen LogP) is 3.19. The molecule has 2 aliphatic rings. The smallest absolute Gasteiger partial charge is 0.260 e. The van der Waals surface area contributed by atoms with Crippen LogP contribution in [0.4, 0.5) is 18.9 Å². The van der Waals surface area contributed by atoms with Gasteiger partial charge in [-0.15, -0.1) is 0 Å². The molecular formula is C18H22F3N3O2. The minimum atomic E-state index is -2.96. The quantitative estimate of drug-likeness (QED) is 0.859. The molecule has 3 rings (SSSR count). The molecule has 0 radical (unpaired) electrons. The third kappa shape index (κ3) is 3.70. The van der Waals surface area contributed by atoms with E-state index in [-0.39, 0.29) is 23.7 Å². The van der Waals surface area contributed by atoms with Gasteiger partial charge in [-0.3, -0.25) is 9.79 Å². The number of halogens is 3. The minimum Gasteiger partial charge on any atom is -0.386 e. The highest BCUT2D eigenvalue weighted by Crippen LogP contribution is 2.49. The van der Waals surface area contributed by atoms with Crippen LogP contribution >= 0.6 is 0 Å². The molecule has 1 unspecified atom stereocenters. The summed E-state index contributed by atoms with van der Waals surface area (Å²) in [5, 5.41) is 2.43. The Morgan fingerprint density at radius 1 is 1.35 bits per heavy atom. The number of hydrogen-bond acceptors (Lipinski definition) is 4. The van der Waals surface area contributed by atoms with Crippen molar-refractivity contribution in [3.05, 3.63) is 29.6 Å². The van der Waals surface area contributed by atoms with Crippen molar-refractivity contribution in [1.82, 2.24) is 0 Å². The van der Waals surface area contributed by atoms with Gasteiger partial charge in [0, 0.05) is 24.1 Å². The van der Waals surface area contributed by atoms with Crippen molar-refractivity contribution >= 4 is 17.4 Å². The van der Waals surface area contributed by atoms with Crippen molar-refractivity contribution in [2.75, 3.05) is 11.9 Å². The molecule has 26 heavy (non-hydrogen) atoms. The zero-order valence-electron chi connectivity index (χ0n) is 14.9. The third-order valence-electron chi connectivity index (χ3n) is 4.73. The summed E-state index contributed by atoms with van der Waals surface area (Å²) in [6.07, 6.45) is -0.104. The first-order chi connectivity index (χ1) is 11.9. The van der Waals surface area contributed by atoms with E-state index in [1.807, 2.05) is 13.8 Å². The average Bonchev–Trinajstić information content (AvgIpc) is 3.17. The molecule has 0 spiro atoms. The predicted molar refractivity (Wildman–Crippen MR) is 91.7 cm³/mol. The number of anilines is 1. The van der Waals surface area contributed by atoms with E-state index in [2.05, 4.69) is 10.3 Å². The Kier molecular flexibility index (Phi) is 4.29. The van der Waals surface area contributed by atoms with Gasteiger partial charge in [0.2, 0.25) is 5.91 Å². The molecule has 1 heterocycles. The van der Waals surface area contributed by atoms with E-state index in [4.69, 9.17) is 10.5 Å². The number of rotatable bonds is 3. The van der Waals surface area contributed by atoms with E-state index in [0.717, 1.165) is 0 Å². The van der Waals surface area contributed by atoms with Crippen LogP contribution < -0.4 is 11.1 Å². The second-order valence-corrected chi connectivity index (χ2v) is 7.80. The molecule has 1 saturated carbocycles. The zero-order chi connectivity index (χ0) is 19.3. The molecule has 1 aliphatic heterocycles. The van der Waals surface area contributed by atoms with Gasteiger partial charge in [-0.2, -0.15) is 0 Å². The number of nitrogens with two attached hydrogens (primary N) is 1. The van der Waals surface area contributed by atoms with Crippen molar-refractivity contribution in [3.8, 4) is 0 Å². The Morgan fingerprint density at radius 3 is 2.62 bits per heavy atom. The van der Waals surface area contributed by atoms with Crippen LogP contribution in [0.1, 0.15) is 39.2 Å². The van der Waals surface area contributed by atoms with Crippen LogP contribution in [-0.4, -0.2) is 29.9 Å². The topological polar surface area (TPSA) is 76.7 Å². The van der Waals surface area contributed by atoms with Crippen molar-refractivity contribution in [2.45, 2.75) is 50.7 Å². The molecule has 1 aromatic carbocycles. The summed E-state index contributed by atoms with van der Waals surface area (Å²) in [6.45, 7) is 5.59. The second kappa shape index (κ2) is 5.97. The van der Waals surface area contributed by atoms with E-state index in [9.17, 15) is 18.0 Å². The van der Waals surface area contributed by atoms with Crippen LogP contribution in [-0.2, 0) is 15.1 Å². The Bertz CT molecular complexity index is 779. The number of ether oxygens (including phenoxy) is 1. The third-order valence-corrected chi connectivity index (χ3v) is 4.73. The van der Waals surface area contributed by atoms with Gasteiger partial charge < -0.3 is 15.8 Å². The van der Waals surface area contributed by atoms with Crippen molar-refractivity contribution in [1.29, 1.82) is 0 Å².